The van der Waals surface area contributed by atoms with Crippen LogP contribution in [0, 0.1) is 0 Å². The first-order valence-electron chi connectivity index (χ1n) is 6.52. The lowest BCUT2D eigenvalue weighted by molar-refractivity contribution is 0.540. The van der Waals surface area contributed by atoms with Crippen molar-refractivity contribution >= 4 is 16.8 Å². The zero-order valence-electron chi connectivity index (χ0n) is 10.9. The summed E-state index contributed by atoms with van der Waals surface area (Å²) in [5.74, 6) is 0.715. The SMILES string of the molecule is CCc1ccc2oc(CNc3ccccc3)nc2c1. The van der Waals surface area contributed by atoms with E-state index in [9.17, 15) is 0 Å². The highest BCUT2D eigenvalue weighted by atomic mass is 16.3. The van der Waals surface area contributed by atoms with Gasteiger partial charge in [0.25, 0.3) is 0 Å². The second-order valence-electron chi connectivity index (χ2n) is 4.48. The summed E-state index contributed by atoms with van der Waals surface area (Å²) in [6.07, 6.45) is 1.01. The minimum atomic E-state index is 0.597. The van der Waals surface area contributed by atoms with Crippen molar-refractivity contribution in [2.24, 2.45) is 0 Å². The lowest BCUT2D eigenvalue weighted by atomic mass is 10.1. The predicted molar refractivity (Wildman–Crippen MR) is 77.2 cm³/mol. The number of oxazole rings is 1. The molecule has 19 heavy (non-hydrogen) atoms. The van der Waals surface area contributed by atoms with E-state index in [1.54, 1.807) is 0 Å². The number of fused-ring (bicyclic) bond motifs is 1. The number of nitrogens with one attached hydrogen (secondary N) is 1. The number of hydrogen-bond acceptors (Lipinski definition) is 3. The molecule has 0 saturated heterocycles. The Bertz CT molecular complexity index is 674. The molecule has 2 aromatic carbocycles. The molecule has 3 heteroatoms. The number of aromatic nitrogens is 1. The minimum absolute atomic E-state index is 0.597. The number of para-hydroxylation sites is 1. The van der Waals surface area contributed by atoms with Gasteiger partial charge in [0.15, 0.2) is 5.58 Å². The summed E-state index contributed by atoms with van der Waals surface area (Å²) in [6.45, 7) is 2.74. The predicted octanol–water partition coefficient (Wildman–Crippen LogP) is 4.00. The van der Waals surface area contributed by atoms with E-state index >= 15 is 0 Å². The van der Waals surface area contributed by atoms with Crippen LogP contribution in [0.1, 0.15) is 18.4 Å². The molecule has 1 aromatic heterocycles. The van der Waals surface area contributed by atoms with Gasteiger partial charge in [0.05, 0.1) is 6.54 Å². The number of nitrogens with zero attached hydrogens (tertiary/aromatic N) is 1. The molecule has 0 amide bonds. The molecule has 96 valence electrons. The van der Waals surface area contributed by atoms with Gasteiger partial charge >= 0.3 is 0 Å². The molecule has 0 aliphatic carbocycles. The first kappa shape index (κ1) is 11.8. The van der Waals surface area contributed by atoms with Crippen LogP contribution in [-0.2, 0) is 13.0 Å². The van der Waals surface area contributed by atoms with Crippen molar-refractivity contribution in [1.29, 1.82) is 0 Å². The van der Waals surface area contributed by atoms with Gasteiger partial charge in [0.2, 0.25) is 5.89 Å². The van der Waals surface area contributed by atoms with Gasteiger partial charge in [-0.05, 0) is 36.2 Å². The standard InChI is InChI=1S/C16H16N2O/c1-2-12-8-9-15-14(10-12)18-16(19-15)11-17-13-6-4-3-5-7-13/h3-10,17H,2,11H2,1H3. The fraction of sp³-hybridized carbons (Fsp3) is 0.188. The molecule has 0 aliphatic heterocycles. The molecule has 3 rings (SSSR count). The van der Waals surface area contributed by atoms with Gasteiger partial charge in [-0.2, -0.15) is 0 Å². The zero-order chi connectivity index (χ0) is 13.1. The number of anilines is 1. The van der Waals surface area contributed by atoms with Gasteiger partial charge in [-0.15, -0.1) is 0 Å². The Kier molecular flexibility index (Phi) is 3.19. The van der Waals surface area contributed by atoms with Crippen LogP contribution < -0.4 is 5.32 Å². The average Bonchev–Trinajstić information content (AvgIpc) is 2.88. The highest BCUT2D eigenvalue weighted by Gasteiger charge is 2.05. The topological polar surface area (TPSA) is 38.1 Å². The summed E-state index contributed by atoms with van der Waals surface area (Å²) >= 11 is 0. The first-order chi connectivity index (χ1) is 9.35. The van der Waals surface area contributed by atoms with E-state index in [0.29, 0.717) is 12.4 Å². The Morgan fingerprint density at radius 3 is 2.74 bits per heavy atom. The average molecular weight is 252 g/mol. The Labute approximate surface area is 112 Å². The van der Waals surface area contributed by atoms with E-state index in [1.165, 1.54) is 5.56 Å². The quantitative estimate of drug-likeness (QED) is 0.762. The van der Waals surface area contributed by atoms with Crippen molar-refractivity contribution in [3.63, 3.8) is 0 Å². The molecule has 1 heterocycles. The van der Waals surface area contributed by atoms with Crippen LogP contribution in [0.4, 0.5) is 5.69 Å². The second kappa shape index (κ2) is 5.14. The van der Waals surface area contributed by atoms with E-state index in [0.717, 1.165) is 23.2 Å². The number of benzene rings is 2. The lowest BCUT2D eigenvalue weighted by Crippen LogP contribution is -1.98. The van der Waals surface area contributed by atoms with Gasteiger partial charge in [0, 0.05) is 5.69 Å². The summed E-state index contributed by atoms with van der Waals surface area (Å²) in [5.41, 5.74) is 4.13. The highest BCUT2D eigenvalue weighted by Crippen LogP contribution is 2.18. The Hall–Kier alpha value is -2.29. The maximum Gasteiger partial charge on any atom is 0.214 e. The van der Waals surface area contributed by atoms with E-state index in [-0.39, 0.29) is 0 Å². The van der Waals surface area contributed by atoms with Crippen molar-refractivity contribution in [3.8, 4) is 0 Å². The van der Waals surface area contributed by atoms with E-state index < -0.39 is 0 Å². The van der Waals surface area contributed by atoms with Gasteiger partial charge in [0.1, 0.15) is 5.52 Å². The van der Waals surface area contributed by atoms with Gasteiger partial charge in [-0.25, -0.2) is 4.98 Å². The summed E-state index contributed by atoms with van der Waals surface area (Å²) in [4.78, 5) is 4.51. The minimum Gasteiger partial charge on any atom is -0.439 e. The normalized spacial score (nSPS) is 10.8. The Morgan fingerprint density at radius 2 is 1.95 bits per heavy atom. The molecule has 0 radical (unpaired) electrons. The third-order valence-corrected chi connectivity index (χ3v) is 3.12. The van der Waals surface area contributed by atoms with Crippen molar-refractivity contribution in [2.75, 3.05) is 5.32 Å². The maximum absolute atomic E-state index is 5.72. The van der Waals surface area contributed by atoms with Crippen molar-refractivity contribution < 1.29 is 4.42 Å². The maximum atomic E-state index is 5.72. The lowest BCUT2D eigenvalue weighted by Gasteiger charge is -2.01. The van der Waals surface area contributed by atoms with Crippen molar-refractivity contribution in [3.05, 3.63) is 60.0 Å². The number of hydrogen-bond donors (Lipinski definition) is 1. The van der Waals surface area contributed by atoms with Crippen molar-refractivity contribution in [2.45, 2.75) is 19.9 Å². The number of aryl methyl sites for hydroxylation is 1. The van der Waals surface area contributed by atoms with Gasteiger partial charge in [-0.1, -0.05) is 31.2 Å². The third kappa shape index (κ3) is 2.60. The van der Waals surface area contributed by atoms with Crippen LogP contribution in [0.2, 0.25) is 0 Å². The summed E-state index contributed by atoms with van der Waals surface area (Å²) in [7, 11) is 0. The Morgan fingerprint density at radius 1 is 1.11 bits per heavy atom. The summed E-state index contributed by atoms with van der Waals surface area (Å²) in [5, 5.41) is 3.29. The molecule has 0 saturated carbocycles. The van der Waals surface area contributed by atoms with Crippen LogP contribution in [0.25, 0.3) is 11.1 Å². The van der Waals surface area contributed by atoms with E-state index in [1.807, 2.05) is 36.4 Å². The Balaban J connectivity index is 1.78. The van der Waals surface area contributed by atoms with Gasteiger partial charge in [-0.3, -0.25) is 0 Å². The third-order valence-electron chi connectivity index (χ3n) is 3.12. The molecule has 0 fully saturated rings. The van der Waals surface area contributed by atoms with Crippen LogP contribution >= 0.6 is 0 Å². The molecule has 3 nitrogen and oxygen atoms in total. The van der Waals surface area contributed by atoms with Crippen LogP contribution in [0.15, 0.2) is 52.9 Å². The summed E-state index contributed by atoms with van der Waals surface area (Å²) in [6, 6.07) is 16.2. The molecule has 0 spiro atoms. The summed E-state index contributed by atoms with van der Waals surface area (Å²) < 4.78 is 5.72. The molecule has 1 N–H and O–H groups in total. The molecular formula is C16H16N2O. The zero-order valence-corrected chi connectivity index (χ0v) is 10.9. The molecule has 0 aliphatic rings. The molecule has 3 aromatic rings. The van der Waals surface area contributed by atoms with Crippen LogP contribution in [0.3, 0.4) is 0 Å². The monoisotopic (exact) mass is 252 g/mol. The highest BCUT2D eigenvalue weighted by molar-refractivity contribution is 5.73. The molecule has 0 atom stereocenters. The van der Waals surface area contributed by atoms with Crippen molar-refractivity contribution in [1.82, 2.24) is 4.98 Å². The van der Waals surface area contributed by atoms with E-state index in [4.69, 9.17) is 4.42 Å². The van der Waals surface area contributed by atoms with Crippen LogP contribution in [0.5, 0.6) is 0 Å². The number of rotatable bonds is 4. The molecule has 0 bridgehead atoms. The fourth-order valence-corrected chi connectivity index (χ4v) is 2.05. The first-order valence-corrected chi connectivity index (χ1v) is 6.52. The van der Waals surface area contributed by atoms with Crippen LogP contribution in [-0.4, -0.2) is 4.98 Å². The smallest absolute Gasteiger partial charge is 0.214 e. The second-order valence-corrected chi connectivity index (χ2v) is 4.48. The largest absolute Gasteiger partial charge is 0.439 e. The fourth-order valence-electron chi connectivity index (χ4n) is 2.05. The molecule has 0 unspecified atom stereocenters. The van der Waals surface area contributed by atoms with Gasteiger partial charge < -0.3 is 9.73 Å². The van der Waals surface area contributed by atoms with E-state index in [2.05, 4.69) is 29.4 Å². The molecular weight excluding hydrogens is 236 g/mol.